The number of ether oxygens (including phenoxy) is 1. The summed E-state index contributed by atoms with van der Waals surface area (Å²) in [5, 5.41) is 0. The average Bonchev–Trinajstić information content (AvgIpc) is 2.54. The first-order chi connectivity index (χ1) is 10.9. The molecule has 0 atom stereocenters. The van der Waals surface area contributed by atoms with Gasteiger partial charge in [-0.2, -0.15) is 0 Å². The minimum atomic E-state index is -0.260. The molecule has 0 fully saturated rings. The molecule has 23 heavy (non-hydrogen) atoms. The monoisotopic (exact) mass is 361 g/mol. The van der Waals surface area contributed by atoms with Gasteiger partial charge in [0, 0.05) is 6.42 Å². The number of methoxy groups -OCH3 is 1. The summed E-state index contributed by atoms with van der Waals surface area (Å²) in [4.78, 5) is 23.0. The number of hydrogen-bond acceptors (Lipinski definition) is 5. The van der Waals surface area contributed by atoms with Gasteiger partial charge in [0.2, 0.25) is 5.91 Å². The highest BCUT2D eigenvalue weighted by atomic mass is 32.1. The Balaban J connectivity index is 0. The van der Waals surface area contributed by atoms with E-state index in [-0.39, 0.29) is 11.9 Å². The number of nitrogens with two attached hydrogens (primary N) is 1. The summed E-state index contributed by atoms with van der Waals surface area (Å²) in [6.07, 6.45) is 8.68. The van der Waals surface area contributed by atoms with Crippen molar-refractivity contribution in [3.05, 3.63) is 0 Å². The minimum Gasteiger partial charge on any atom is -0.469 e. The number of amides is 1. The second kappa shape index (κ2) is 17.5. The standard InChI is InChI=1S/C9H16O2S.C8H15NOS/c1-3-4-5-8(12)6-7-9(10)11-2;1-2-3-4-7(11)5-6-8(9)10/h3-7H2,1-2H3;2-6H2,1H3,(H2,9,10). The van der Waals surface area contributed by atoms with Gasteiger partial charge in [-0.05, 0) is 48.3 Å². The molecule has 0 radical (unpaired) electrons. The van der Waals surface area contributed by atoms with Gasteiger partial charge in [0.05, 0.1) is 13.5 Å². The maximum atomic E-state index is 10.7. The third-order valence-corrected chi connectivity index (χ3v) is 3.92. The van der Waals surface area contributed by atoms with E-state index in [0.29, 0.717) is 25.7 Å². The van der Waals surface area contributed by atoms with Crippen molar-refractivity contribution in [1.82, 2.24) is 0 Å². The van der Waals surface area contributed by atoms with Crippen LogP contribution in [0.15, 0.2) is 0 Å². The Hall–Kier alpha value is -0.880. The molecule has 0 aliphatic carbocycles. The molecule has 0 aromatic rings. The normalized spacial score (nSPS) is 9.52. The molecule has 0 unspecified atom stereocenters. The molecule has 0 aromatic carbocycles. The fourth-order valence-corrected chi connectivity index (χ4v) is 2.10. The lowest BCUT2D eigenvalue weighted by molar-refractivity contribution is -0.140. The summed E-state index contributed by atoms with van der Waals surface area (Å²) in [5.74, 6) is -0.433. The second-order valence-electron chi connectivity index (χ2n) is 5.33. The van der Waals surface area contributed by atoms with Gasteiger partial charge in [-0.1, -0.05) is 51.1 Å². The van der Waals surface area contributed by atoms with E-state index in [2.05, 4.69) is 18.6 Å². The molecule has 0 spiro atoms. The van der Waals surface area contributed by atoms with Crippen molar-refractivity contribution in [3.63, 3.8) is 0 Å². The molecule has 0 saturated heterocycles. The van der Waals surface area contributed by atoms with E-state index in [1.807, 2.05) is 0 Å². The molecule has 4 nitrogen and oxygen atoms in total. The van der Waals surface area contributed by atoms with Gasteiger partial charge < -0.3 is 10.5 Å². The van der Waals surface area contributed by atoms with Crippen LogP contribution in [0.3, 0.4) is 0 Å². The summed E-state index contributed by atoms with van der Waals surface area (Å²) in [6, 6.07) is 0. The fourth-order valence-electron chi connectivity index (χ4n) is 1.60. The van der Waals surface area contributed by atoms with Gasteiger partial charge >= 0.3 is 5.97 Å². The average molecular weight is 362 g/mol. The van der Waals surface area contributed by atoms with Crippen LogP contribution < -0.4 is 5.73 Å². The van der Waals surface area contributed by atoms with E-state index < -0.39 is 0 Å². The Morgan fingerprint density at radius 3 is 1.61 bits per heavy atom. The quantitative estimate of drug-likeness (QED) is 0.414. The Morgan fingerprint density at radius 2 is 1.26 bits per heavy atom. The summed E-state index contributed by atoms with van der Waals surface area (Å²) in [6.45, 7) is 4.25. The third kappa shape index (κ3) is 21.1. The van der Waals surface area contributed by atoms with Gasteiger partial charge in [0.1, 0.15) is 0 Å². The topological polar surface area (TPSA) is 69.4 Å². The number of esters is 1. The van der Waals surface area contributed by atoms with E-state index in [1.165, 1.54) is 7.11 Å². The van der Waals surface area contributed by atoms with Crippen molar-refractivity contribution in [2.45, 2.75) is 78.1 Å². The first kappa shape index (κ1) is 24.4. The highest BCUT2D eigenvalue weighted by Gasteiger charge is 2.02. The van der Waals surface area contributed by atoms with Crippen molar-refractivity contribution in [2.75, 3.05) is 7.11 Å². The Morgan fingerprint density at radius 1 is 0.826 bits per heavy atom. The van der Waals surface area contributed by atoms with Gasteiger partial charge in [-0.3, -0.25) is 9.59 Å². The van der Waals surface area contributed by atoms with Crippen LogP contribution in [-0.4, -0.2) is 28.7 Å². The highest BCUT2D eigenvalue weighted by Crippen LogP contribution is 2.04. The first-order valence-corrected chi connectivity index (χ1v) is 9.07. The lowest BCUT2D eigenvalue weighted by Gasteiger charge is -2.01. The van der Waals surface area contributed by atoms with Crippen molar-refractivity contribution in [3.8, 4) is 0 Å². The summed E-state index contributed by atoms with van der Waals surface area (Å²) >= 11 is 10.1. The van der Waals surface area contributed by atoms with Gasteiger partial charge in [0.15, 0.2) is 0 Å². The van der Waals surface area contributed by atoms with Crippen LogP contribution in [0.4, 0.5) is 0 Å². The zero-order valence-corrected chi connectivity index (χ0v) is 16.3. The summed E-state index contributed by atoms with van der Waals surface area (Å²) in [7, 11) is 1.40. The first-order valence-electron chi connectivity index (χ1n) is 8.25. The Bertz CT molecular complexity index is 371. The van der Waals surface area contributed by atoms with Crippen LogP contribution in [0.25, 0.3) is 0 Å². The number of rotatable bonds is 12. The molecule has 0 aromatic heterocycles. The lowest BCUT2D eigenvalue weighted by atomic mass is 10.1. The van der Waals surface area contributed by atoms with Crippen molar-refractivity contribution >= 4 is 46.0 Å². The van der Waals surface area contributed by atoms with E-state index in [4.69, 9.17) is 30.2 Å². The molecule has 0 aliphatic heterocycles. The van der Waals surface area contributed by atoms with E-state index in [9.17, 15) is 9.59 Å². The van der Waals surface area contributed by atoms with Crippen molar-refractivity contribution in [1.29, 1.82) is 0 Å². The summed E-state index contributed by atoms with van der Waals surface area (Å²) in [5.41, 5.74) is 4.97. The molecule has 0 saturated carbocycles. The number of thiocarbonyl (C=S) groups is 2. The number of primary amides is 1. The second-order valence-corrected chi connectivity index (χ2v) is 6.48. The third-order valence-electron chi connectivity index (χ3n) is 3.10. The van der Waals surface area contributed by atoms with E-state index in [0.717, 1.165) is 48.3 Å². The van der Waals surface area contributed by atoms with Crippen LogP contribution in [0, 0.1) is 0 Å². The van der Waals surface area contributed by atoms with Crippen LogP contribution in [0.1, 0.15) is 78.1 Å². The zero-order valence-electron chi connectivity index (χ0n) is 14.7. The largest absolute Gasteiger partial charge is 0.469 e. The predicted octanol–water partition coefficient (Wildman–Crippen LogP) is 4.31. The molecular formula is C17H31NO3S2. The van der Waals surface area contributed by atoms with Crippen molar-refractivity contribution in [2.24, 2.45) is 5.73 Å². The predicted molar refractivity (Wildman–Crippen MR) is 104 cm³/mol. The maximum absolute atomic E-state index is 10.7. The molecule has 0 bridgehead atoms. The number of unbranched alkanes of at least 4 members (excludes halogenated alkanes) is 2. The maximum Gasteiger partial charge on any atom is 0.305 e. The molecular weight excluding hydrogens is 330 g/mol. The molecule has 2 N–H and O–H groups in total. The molecule has 0 aliphatic rings. The minimum absolute atomic E-state index is 0.172. The van der Waals surface area contributed by atoms with Gasteiger partial charge in [-0.25, -0.2) is 0 Å². The molecule has 6 heteroatoms. The van der Waals surface area contributed by atoms with Gasteiger partial charge in [-0.15, -0.1) is 0 Å². The number of carbonyl (C=O) groups excluding carboxylic acids is 2. The zero-order chi connectivity index (χ0) is 18.1. The van der Waals surface area contributed by atoms with E-state index >= 15 is 0 Å². The smallest absolute Gasteiger partial charge is 0.305 e. The Kier molecular flexibility index (Phi) is 18.5. The van der Waals surface area contributed by atoms with Gasteiger partial charge in [0.25, 0.3) is 0 Å². The number of hydrogen-bond donors (Lipinski definition) is 1. The molecule has 134 valence electrons. The van der Waals surface area contributed by atoms with Crippen LogP contribution >= 0.6 is 24.4 Å². The molecule has 1 amide bonds. The fraction of sp³-hybridized carbons (Fsp3) is 0.765. The van der Waals surface area contributed by atoms with Crippen molar-refractivity contribution < 1.29 is 14.3 Å². The molecule has 0 heterocycles. The lowest BCUT2D eigenvalue weighted by Crippen LogP contribution is -2.11. The number of carbonyl (C=O) groups is 2. The molecule has 0 rings (SSSR count). The van der Waals surface area contributed by atoms with Crippen LogP contribution in [0.5, 0.6) is 0 Å². The SMILES string of the molecule is CCCCC(=S)CCC(=O)OC.CCCCC(=S)CCC(N)=O. The highest BCUT2D eigenvalue weighted by molar-refractivity contribution is 7.80. The van der Waals surface area contributed by atoms with Crippen LogP contribution in [0.2, 0.25) is 0 Å². The summed E-state index contributed by atoms with van der Waals surface area (Å²) < 4.78 is 4.51. The van der Waals surface area contributed by atoms with Crippen LogP contribution in [-0.2, 0) is 14.3 Å². The van der Waals surface area contributed by atoms with E-state index in [1.54, 1.807) is 0 Å². The Labute approximate surface area is 151 Å².